The van der Waals surface area contributed by atoms with Gasteiger partial charge in [-0.3, -0.25) is 9.48 Å². The third-order valence-corrected chi connectivity index (χ3v) is 4.84. The molecule has 0 aliphatic rings. The summed E-state index contributed by atoms with van der Waals surface area (Å²) in [6.07, 6.45) is -2.88. The highest BCUT2D eigenvalue weighted by Gasteiger charge is 2.30. The van der Waals surface area contributed by atoms with E-state index in [9.17, 15) is 18.0 Å². The molecule has 0 fully saturated rings. The first-order chi connectivity index (χ1) is 14.2. The summed E-state index contributed by atoms with van der Waals surface area (Å²) in [5.74, 6) is -0.283. The number of carbonyl (C=O) groups excluding carboxylic acids is 1. The Hall–Kier alpha value is -3.68. The number of aromatic nitrogens is 3. The van der Waals surface area contributed by atoms with E-state index in [1.54, 1.807) is 43.6 Å². The van der Waals surface area contributed by atoms with Crippen LogP contribution in [0.3, 0.4) is 0 Å². The predicted octanol–water partition coefficient (Wildman–Crippen LogP) is 5.21. The summed E-state index contributed by atoms with van der Waals surface area (Å²) in [7, 11) is 1.68. The molecule has 2 aromatic heterocycles. The van der Waals surface area contributed by atoms with Gasteiger partial charge >= 0.3 is 6.18 Å². The first kappa shape index (κ1) is 19.6. The summed E-state index contributed by atoms with van der Waals surface area (Å²) in [6, 6.07) is 14.0. The number of amides is 1. The topological polar surface area (TPSA) is 59.8 Å². The van der Waals surface area contributed by atoms with Gasteiger partial charge in [0.1, 0.15) is 5.69 Å². The Bertz CT molecular complexity index is 1260. The average Bonchev–Trinajstić information content (AvgIpc) is 3.14. The fraction of sp³-hybridized carbons (Fsp3) is 0.136. The number of nitrogens with zero attached hydrogens (tertiary/aromatic N) is 3. The second-order valence-corrected chi connectivity index (χ2v) is 6.93. The van der Waals surface area contributed by atoms with E-state index < -0.39 is 11.7 Å². The third kappa shape index (κ3) is 3.76. The lowest BCUT2D eigenvalue weighted by Gasteiger charge is -2.11. The Labute approximate surface area is 170 Å². The number of hydrogen-bond donors (Lipinski definition) is 1. The molecule has 2 aromatic carbocycles. The molecule has 0 aliphatic heterocycles. The quantitative estimate of drug-likeness (QED) is 0.504. The van der Waals surface area contributed by atoms with Gasteiger partial charge in [-0.1, -0.05) is 18.2 Å². The molecule has 0 radical (unpaired) electrons. The molecule has 8 heteroatoms. The van der Waals surface area contributed by atoms with Crippen LogP contribution in [-0.2, 0) is 13.2 Å². The van der Waals surface area contributed by atoms with E-state index in [2.05, 4.69) is 15.4 Å². The second kappa shape index (κ2) is 7.29. The zero-order valence-electron chi connectivity index (χ0n) is 16.2. The lowest BCUT2D eigenvalue weighted by Crippen LogP contribution is -2.16. The van der Waals surface area contributed by atoms with Crippen LogP contribution in [0.1, 0.15) is 21.6 Å². The van der Waals surface area contributed by atoms with Crippen LogP contribution in [0.2, 0.25) is 0 Å². The highest BCUT2D eigenvalue weighted by atomic mass is 19.4. The number of pyridine rings is 1. The van der Waals surface area contributed by atoms with Gasteiger partial charge in [0.25, 0.3) is 5.91 Å². The van der Waals surface area contributed by atoms with E-state index >= 15 is 0 Å². The Morgan fingerprint density at radius 2 is 1.80 bits per heavy atom. The molecular formula is C22H17F3N4O. The molecular weight excluding hydrogens is 393 g/mol. The first-order valence-corrected chi connectivity index (χ1v) is 9.11. The summed E-state index contributed by atoms with van der Waals surface area (Å²) in [6.45, 7) is 1.84. The number of rotatable bonds is 3. The predicted molar refractivity (Wildman–Crippen MR) is 108 cm³/mol. The van der Waals surface area contributed by atoms with Crippen molar-refractivity contribution in [2.24, 2.45) is 7.05 Å². The molecule has 4 aromatic rings. The number of fused-ring (bicyclic) bond motifs is 1. The number of alkyl halides is 3. The van der Waals surface area contributed by atoms with Crippen LogP contribution >= 0.6 is 0 Å². The van der Waals surface area contributed by atoms with Gasteiger partial charge in [-0.25, -0.2) is 4.98 Å². The highest BCUT2D eigenvalue weighted by Crippen LogP contribution is 2.32. The third-order valence-electron chi connectivity index (χ3n) is 4.84. The zero-order chi connectivity index (χ0) is 21.5. The van der Waals surface area contributed by atoms with Gasteiger partial charge in [0.15, 0.2) is 0 Å². The van der Waals surface area contributed by atoms with Crippen LogP contribution < -0.4 is 5.32 Å². The smallest absolute Gasteiger partial charge is 0.320 e. The molecule has 30 heavy (non-hydrogen) atoms. The van der Waals surface area contributed by atoms with Crippen LogP contribution in [0.4, 0.5) is 18.9 Å². The summed E-state index contributed by atoms with van der Waals surface area (Å²) >= 11 is 0. The van der Waals surface area contributed by atoms with Crippen molar-refractivity contribution in [2.75, 3.05) is 5.32 Å². The Kier molecular flexibility index (Phi) is 4.77. The van der Waals surface area contributed by atoms with Crippen LogP contribution in [0.5, 0.6) is 0 Å². The van der Waals surface area contributed by atoms with E-state index in [4.69, 9.17) is 0 Å². The molecule has 0 saturated heterocycles. The van der Waals surface area contributed by atoms with E-state index in [1.165, 1.54) is 10.7 Å². The van der Waals surface area contributed by atoms with Gasteiger partial charge in [-0.05, 0) is 48.9 Å². The van der Waals surface area contributed by atoms with Gasteiger partial charge in [-0.15, -0.1) is 0 Å². The fourth-order valence-corrected chi connectivity index (χ4v) is 3.20. The minimum absolute atomic E-state index is 0.272. The van der Waals surface area contributed by atoms with Gasteiger partial charge in [-0.2, -0.15) is 18.3 Å². The van der Waals surface area contributed by atoms with Gasteiger partial charge in [0.05, 0.1) is 16.8 Å². The van der Waals surface area contributed by atoms with Crippen molar-refractivity contribution < 1.29 is 18.0 Å². The van der Waals surface area contributed by atoms with Crippen molar-refractivity contribution in [3.8, 4) is 11.3 Å². The molecule has 1 amide bonds. The van der Waals surface area contributed by atoms with E-state index in [-0.39, 0.29) is 11.4 Å². The number of carbonyl (C=O) groups is 1. The van der Waals surface area contributed by atoms with Crippen LogP contribution in [-0.4, -0.2) is 20.7 Å². The number of hydrogen-bond acceptors (Lipinski definition) is 3. The second-order valence-electron chi connectivity index (χ2n) is 6.93. The maximum Gasteiger partial charge on any atom is 0.416 e. The number of aryl methyl sites for hydroxylation is 2. The van der Waals surface area contributed by atoms with E-state index in [0.29, 0.717) is 22.5 Å². The minimum atomic E-state index is -4.42. The molecule has 0 saturated carbocycles. The van der Waals surface area contributed by atoms with Gasteiger partial charge in [0, 0.05) is 29.9 Å². The van der Waals surface area contributed by atoms with Crippen LogP contribution in [0, 0.1) is 6.92 Å². The molecule has 0 bridgehead atoms. The van der Waals surface area contributed by atoms with E-state index in [1.807, 2.05) is 13.0 Å². The summed E-state index contributed by atoms with van der Waals surface area (Å²) < 4.78 is 40.5. The standard InChI is InChI=1S/C22H17F3N4O/c1-13-11-15(5-7-17(13)28-21(30)20-9-10-26-29(20)2)18-8-4-14-3-6-16(22(23,24)25)12-19(14)27-18/h3-12H,1-2H3,(H,28,30). The maximum atomic E-state index is 13.0. The molecule has 0 aliphatic carbocycles. The Balaban J connectivity index is 1.64. The molecule has 1 N–H and O–H groups in total. The monoisotopic (exact) mass is 410 g/mol. The zero-order valence-corrected chi connectivity index (χ0v) is 16.2. The number of nitrogens with one attached hydrogen (secondary N) is 1. The molecule has 4 rings (SSSR count). The molecule has 0 atom stereocenters. The van der Waals surface area contributed by atoms with Gasteiger partial charge in [0.2, 0.25) is 0 Å². The number of benzene rings is 2. The lowest BCUT2D eigenvalue weighted by molar-refractivity contribution is -0.137. The van der Waals surface area contributed by atoms with Crippen molar-refractivity contribution in [3.63, 3.8) is 0 Å². The van der Waals surface area contributed by atoms with Crippen molar-refractivity contribution >= 4 is 22.5 Å². The van der Waals surface area contributed by atoms with Crippen molar-refractivity contribution in [1.29, 1.82) is 0 Å². The maximum absolute atomic E-state index is 13.0. The summed E-state index contributed by atoms with van der Waals surface area (Å²) in [5.41, 5.74) is 2.69. The van der Waals surface area contributed by atoms with Crippen molar-refractivity contribution in [3.05, 3.63) is 77.6 Å². The fourth-order valence-electron chi connectivity index (χ4n) is 3.20. The Morgan fingerprint density at radius 1 is 1.03 bits per heavy atom. The first-order valence-electron chi connectivity index (χ1n) is 9.11. The number of anilines is 1. The van der Waals surface area contributed by atoms with Gasteiger partial charge < -0.3 is 5.32 Å². The molecule has 0 spiro atoms. The SMILES string of the molecule is Cc1cc(-c2ccc3ccc(C(F)(F)F)cc3n2)ccc1NC(=O)c1ccnn1C. The molecule has 0 unspecified atom stereocenters. The van der Waals surface area contributed by atoms with Crippen molar-refractivity contribution in [1.82, 2.24) is 14.8 Å². The number of halogens is 3. The Morgan fingerprint density at radius 3 is 2.47 bits per heavy atom. The molecule has 152 valence electrons. The molecule has 5 nitrogen and oxygen atoms in total. The lowest BCUT2D eigenvalue weighted by atomic mass is 10.0. The molecule has 2 heterocycles. The van der Waals surface area contributed by atoms with E-state index in [0.717, 1.165) is 23.3 Å². The highest BCUT2D eigenvalue weighted by molar-refractivity contribution is 6.03. The summed E-state index contributed by atoms with van der Waals surface area (Å²) in [5, 5.41) is 7.45. The van der Waals surface area contributed by atoms with Crippen molar-refractivity contribution in [2.45, 2.75) is 13.1 Å². The average molecular weight is 410 g/mol. The van der Waals surface area contributed by atoms with Crippen LogP contribution in [0.15, 0.2) is 60.8 Å². The minimum Gasteiger partial charge on any atom is -0.320 e. The largest absolute Gasteiger partial charge is 0.416 e. The van der Waals surface area contributed by atoms with Crippen LogP contribution in [0.25, 0.3) is 22.2 Å². The summed E-state index contributed by atoms with van der Waals surface area (Å²) in [4.78, 5) is 16.8. The normalized spacial score (nSPS) is 11.6.